The van der Waals surface area contributed by atoms with E-state index in [9.17, 15) is 14.7 Å². The standard InChI is InChI=1S/C24H27N3O3.ClH/c1-2-15-13-19(24(29)30)23(28)25-22(15)17-7-6-16-12-18-8-9-21(27(18)20(16)14-17)26-10-4-3-5-11-26;/h6-7,12-14,21H,2-5,8-11H2,1H3,(H,25,28)(H,29,30);1H. The molecule has 2 aliphatic rings. The molecule has 2 N–H and O–H groups in total. The summed E-state index contributed by atoms with van der Waals surface area (Å²) in [7, 11) is 0. The molecule has 1 saturated heterocycles. The number of piperidine rings is 1. The van der Waals surface area contributed by atoms with Gasteiger partial charge in [0.1, 0.15) is 5.56 Å². The summed E-state index contributed by atoms with van der Waals surface area (Å²) in [5.41, 5.74) is 4.30. The second-order valence-corrected chi connectivity index (χ2v) is 8.47. The van der Waals surface area contributed by atoms with Gasteiger partial charge in [-0.1, -0.05) is 25.5 Å². The Kier molecular flexibility index (Phi) is 5.95. The van der Waals surface area contributed by atoms with E-state index in [1.807, 2.05) is 13.0 Å². The van der Waals surface area contributed by atoms with Crippen LogP contribution in [-0.2, 0) is 12.8 Å². The normalized spacial score (nSPS) is 18.7. The van der Waals surface area contributed by atoms with Crippen LogP contribution in [0.15, 0.2) is 35.1 Å². The number of aromatic carboxylic acids is 1. The van der Waals surface area contributed by atoms with E-state index in [2.05, 4.69) is 32.7 Å². The van der Waals surface area contributed by atoms with Crippen molar-refractivity contribution >= 4 is 29.3 Å². The summed E-state index contributed by atoms with van der Waals surface area (Å²) in [5.74, 6) is -1.19. The Labute approximate surface area is 187 Å². The quantitative estimate of drug-likeness (QED) is 0.619. The average Bonchev–Trinajstić information content (AvgIpc) is 3.33. The van der Waals surface area contributed by atoms with Gasteiger partial charge in [-0.15, -0.1) is 12.4 Å². The molecule has 0 saturated carbocycles. The average molecular weight is 442 g/mol. The van der Waals surface area contributed by atoms with E-state index in [0.717, 1.165) is 42.8 Å². The number of aromatic amines is 1. The number of rotatable bonds is 4. The van der Waals surface area contributed by atoms with Gasteiger partial charge in [-0.25, -0.2) is 4.79 Å². The van der Waals surface area contributed by atoms with E-state index in [1.165, 1.54) is 41.9 Å². The molecular formula is C24H28ClN3O3. The molecule has 0 aliphatic carbocycles. The fraction of sp³-hybridized carbons (Fsp3) is 0.417. The molecule has 2 aromatic heterocycles. The van der Waals surface area contributed by atoms with E-state index in [0.29, 0.717) is 12.6 Å². The summed E-state index contributed by atoms with van der Waals surface area (Å²) in [6.07, 6.45) is 7.17. The third-order valence-corrected chi connectivity index (χ3v) is 6.71. The number of nitrogens with one attached hydrogen (secondary N) is 1. The number of fused-ring (bicyclic) bond motifs is 3. The van der Waals surface area contributed by atoms with Gasteiger partial charge in [-0.05, 0) is 61.3 Å². The minimum absolute atomic E-state index is 0. The number of carbonyl (C=O) groups is 1. The van der Waals surface area contributed by atoms with Gasteiger partial charge in [0, 0.05) is 24.3 Å². The molecule has 2 aliphatic heterocycles. The van der Waals surface area contributed by atoms with Crippen LogP contribution < -0.4 is 5.56 Å². The smallest absolute Gasteiger partial charge is 0.341 e. The first-order valence-electron chi connectivity index (χ1n) is 10.9. The predicted octanol–water partition coefficient (Wildman–Crippen LogP) is 4.61. The Hall–Kier alpha value is -2.57. The molecular weight excluding hydrogens is 414 g/mol. The number of nitrogens with zero attached hydrogens (tertiary/aromatic N) is 2. The maximum atomic E-state index is 12.3. The number of hydrogen-bond donors (Lipinski definition) is 2. The van der Waals surface area contributed by atoms with Crippen molar-refractivity contribution in [3.05, 3.63) is 57.5 Å². The number of carboxylic acids is 1. The number of pyridine rings is 1. The molecule has 0 spiro atoms. The molecule has 0 bridgehead atoms. The highest BCUT2D eigenvalue weighted by molar-refractivity contribution is 5.89. The van der Waals surface area contributed by atoms with Crippen molar-refractivity contribution in [1.82, 2.24) is 14.5 Å². The van der Waals surface area contributed by atoms with Crippen molar-refractivity contribution in [2.75, 3.05) is 13.1 Å². The van der Waals surface area contributed by atoms with Crippen molar-refractivity contribution in [2.24, 2.45) is 0 Å². The lowest BCUT2D eigenvalue weighted by molar-refractivity contribution is 0.0695. The van der Waals surface area contributed by atoms with Crippen molar-refractivity contribution in [2.45, 2.75) is 51.6 Å². The van der Waals surface area contributed by atoms with Crippen LogP contribution in [0.1, 0.15) is 60.4 Å². The maximum absolute atomic E-state index is 12.3. The fourth-order valence-corrected chi connectivity index (χ4v) is 5.21. The lowest BCUT2D eigenvalue weighted by atomic mass is 10.0. The SMILES string of the molecule is CCc1cc(C(=O)O)c(=O)[nH]c1-c1ccc2cc3n(c2c1)C(N1CCCCC1)CC3.Cl. The second kappa shape index (κ2) is 8.52. The van der Waals surface area contributed by atoms with Crippen LogP contribution in [0.3, 0.4) is 0 Å². The van der Waals surface area contributed by atoms with Gasteiger partial charge < -0.3 is 14.7 Å². The van der Waals surface area contributed by atoms with Crippen molar-refractivity contribution in [3.8, 4) is 11.3 Å². The number of hydrogen-bond acceptors (Lipinski definition) is 3. The van der Waals surface area contributed by atoms with E-state index in [1.54, 1.807) is 0 Å². The number of aryl methyl sites for hydroxylation is 2. The van der Waals surface area contributed by atoms with Gasteiger partial charge in [0.2, 0.25) is 0 Å². The lowest BCUT2D eigenvalue weighted by Gasteiger charge is -2.33. The Balaban J connectivity index is 0.00000231. The third-order valence-electron chi connectivity index (χ3n) is 6.71. The molecule has 1 aromatic carbocycles. The van der Waals surface area contributed by atoms with Gasteiger partial charge in [0.05, 0.1) is 17.4 Å². The number of benzene rings is 1. The van der Waals surface area contributed by atoms with E-state index in [-0.39, 0.29) is 18.0 Å². The molecule has 6 nitrogen and oxygen atoms in total. The number of halogens is 1. The second-order valence-electron chi connectivity index (χ2n) is 8.47. The van der Waals surface area contributed by atoms with E-state index in [4.69, 9.17) is 0 Å². The van der Waals surface area contributed by atoms with Crippen LogP contribution in [0.25, 0.3) is 22.2 Å². The molecule has 1 atom stereocenters. The molecule has 31 heavy (non-hydrogen) atoms. The summed E-state index contributed by atoms with van der Waals surface area (Å²) in [5, 5.41) is 10.5. The Morgan fingerprint density at radius 1 is 1.16 bits per heavy atom. The minimum atomic E-state index is -1.19. The van der Waals surface area contributed by atoms with Gasteiger partial charge in [-0.3, -0.25) is 9.69 Å². The zero-order chi connectivity index (χ0) is 20.8. The largest absolute Gasteiger partial charge is 0.477 e. The zero-order valence-corrected chi connectivity index (χ0v) is 18.5. The molecule has 7 heteroatoms. The Morgan fingerprint density at radius 2 is 1.94 bits per heavy atom. The topological polar surface area (TPSA) is 78.3 Å². The molecule has 3 aromatic rings. The van der Waals surface area contributed by atoms with Crippen LogP contribution in [0.2, 0.25) is 0 Å². The Bertz CT molecular complexity index is 1190. The first-order chi connectivity index (χ1) is 14.6. The molecule has 0 radical (unpaired) electrons. The molecule has 4 heterocycles. The van der Waals surface area contributed by atoms with Crippen LogP contribution in [0, 0.1) is 0 Å². The summed E-state index contributed by atoms with van der Waals surface area (Å²) < 4.78 is 2.49. The molecule has 1 fully saturated rings. The zero-order valence-electron chi connectivity index (χ0n) is 17.7. The minimum Gasteiger partial charge on any atom is -0.477 e. The highest BCUT2D eigenvalue weighted by Gasteiger charge is 2.30. The molecule has 5 rings (SSSR count). The highest BCUT2D eigenvalue weighted by Crippen LogP contribution is 2.38. The monoisotopic (exact) mass is 441 g/mol. The van der Waals surface area contributed by atoms with E-state index < -0.39 is 11.5 Å². The van der Waals surface area contributed by atoms with Crippen LogP contribution in [0.5, 0.6) is 0 Å². The van der Waals surface area contributed by atoms with Crippen LogP contribution >= 0.6 is 12.4 Å². The van der Waals surface area contributed by atoms with Crippen molar-refractivity contribution in [1.29, 1.82) is 0 Å². The maximum Gasteiger partial charge on any atom is 0.341 e. The van der Waals surface area contributed by atoms with E-state index >= 15 is 0 Å². The number of carboxylic acid groups (broad SMARTS) is 1. The fourth-order valence-electron chi connectivity index (χ4n) is 5.21. The van der Waals surface area contributed by atoms with Gasteiger partial charge in [0.25, 0.3) is 5.56 Å². The number of likely N-dealkylation sites (tertiary alicyclic amines) is 1. The Morgan fingerprint density at radius 3 is 2.65 bits per heavy atom. The highest BCUT2D eigenvalue weighted by atomic mass is 35.5. The van der Waals surface area contributed by atoms with Gasteiger partial charge >= 0.3 is 5.97 Å². The summed E-state index contributed by atoms with van der Waals surface area (Å²) >= 11 is 0. The molecule has 1 unspecified atom stereocenters. The van der Waals surface area contributed by atoms with Crippen molar-refractivity contribution < 1.29 is 9.90 Å². The summed E-state index contributed by atoms with van der Waals surface area (Å²) in [4.78, 5) is 29.2. The third kappa shape index (κ3) is 3.68. The van der Waals surface area contributed by atoms with Crippen molar-refractivity contribution in [3.63, 3.8) is 0 Å². The van der Waals surface area contributed by atoms with Crippen LogP contribution in [-0.4, -0.2) is 38.6 Å². The summed E-state index contributed by atoms with van der Waals surface area (Å²) in [6, 6.07) is 10.1. The van der Waals surface area contributed by atoms with Crippen LogP contribution in [0.4, 0.5) is 0 Å². The predicted molar refractivity (Wildman–Crippen MR) is 124 cm³/mol. The first-order valence-corrected chi connectivity index (χ1v) is 10.9. The lowest BCUT2D eigenvalue weighted by Crippen LogP contribution is -2.35. The number of H-pyrrole nitrogens is 1. The summed E-state index contributed by atoms with van der Waals surface area (Å²) in [6.45, 7) is 4.30. The molecule has 164 valence electrons. The molecule has 0 amide bonds. The van der Waals surface area contributed by atoms with Gasteiger partial charge in [-0.2, -0.15) is 0 Å². The number of aromatic nitrogens is 2. The first kappa shape index (κ1) is 21.7. The van der Waals surface area contributed by atoms with Gasteiger partial charge in [0.15, 0.2) is 0 Å².